The van der Waals surface area contributed by atoms with E-state index in [0.717, 1.165) is 55.7 Å². The molecule has 7 nitrogen and oxygen atoms in total. The van der Waals surface area contributed by atoms with E-state index in [1.807, 2.05) is 66.7 Å². The summed E-state index contributed by atoms with van der Waals surface area (Å²) in [6.07, 6.45) is 0.829. The maximum Gasteiger partial charge on any atom is 0.262 e. The molecule has 180 valence electrons. The van der Waals surface area contributed by atoms with Gasteiger partial charge in [0.15, 0.2) is 5.16 Å². The molecule has 2 heterocycles. The maximum absolute atomic E-state index is 13.3. The number of anilines is 1. The summed E-state index contributed by atoms with van der Waals surface area (Å²) in [4.78, 5) is 33.2. The number of para-hydroxylation sites is 1. The molecular weight excluding hydrogens is 460 g/mol. The Morgan fingerprint density at radius 2 is 1.69 bits per heavy atom. The third kappa shape index (κ3) is 5.56. The van der Waals surface area contributed by atoms with Gasteiger partial charge in [-0.2, -0.15) is 0 Å². The predicted octanol–water partition coefficient (Wildman–Crippen LogP) is 4.00. The zero-order chi connectivity index (χ0) is 24.0. The Kier molecular flexibility index (Phi) is 7.42. The van der Waals surface area contributed by atoms with Crippen LogP contribution in [0.1, 0.15) is 6.42 Å². The van der Waals surface area contributed by atoms with Crippen molar-refractivity contribution in [3.63, 3.8) is 0 Å². The third-order valence-corrected chi connectivity index (χ3v) is 7.16. The number of hydrogen-bond donors (Lipinski definition) is 1. The van der Waals surface area contributed by atoms with Crippen LogP contribution in [-0.4, -0.2) is 59.0 Å². The SMILES string of the molecule is O=C(CSc1nc2ccccc2c(=O)n1CCCN1CCOCC1)Nc1cccc2ccccc12. The molecule has 0 bridgehead atoms. The summed E-state index contributed by atoms with van der Waals surface area (Å²) in [5.41, 5.74) is 1.37. The minimum atomic E-state index is -0.131. The molecule has 1 aromatic heterocycles. The molecule has 0 radical (unpaired) electrons. The smallest absolute Gasteiger partial charge is 0.262 e. The monoisotopic (exact) mass is 488 g/mol. The van der Waals surface area contributed by atoms with Crippen molar-refractivity contribution in [3.05, 3.63) is 77.1 Å². The number of rotatable bonds is 8. The fraction of sp³-hybridized carbons (Fsp3) is 0.296. The molecule has 4 aromatic rings. The summed E-state index contributed by atoms with van der Waals surface area (Å²) in [5.74, 6) is 0.0333. The number of morpholine rings is 1. The molecule has 5 rings (SSSR count). The van der Waals surface area contributed by atoms with E-state index >= 15 is 0 Å². The van der Waals surface area contributed by atoms with E-state index in [1.54, 1.807) is 4.57 Å². The molecule has 35 heavy (non-hydrogen) atoms. The third-order valence-electron chi connectivity index (χ3n) is 6.18. The van der Waals surface area contributed by atoms with Gasteiger partial charge in [-0.15, -0.1) is 0 Å². The molecular formula is C27H28N4O3S. The van der Waals surface area contributed by atoms with Crippen LogP contribution in [0.15, 0.2) is 76.7 Å². The lowest BCUT2D eigenvalue weighted by Gasteiger charge is -2.26. The Morgan fingerprint density at radius 3 is 2.54 bits per heavy atom. The summed E-state index contributed by atoms with van der Waals surface area (Å²) < 4.78 is 7.14. The van der Waals surface area contributed by atoms with E-state index in [2.05, 4.69) is 10.2 Å². The number of carbonyl (C=O) groups is 1. The average molecular weight is 489 g/mol. The van der Waals surface area contributed by atoms with Crippen molar-refractivity contribution in [1.82, 2.24) is 14.5 Å². The summed E-state index contributed by atoms with van der Waals surface area (Å²) in [6, 6.07) is 21.2. The maximum atomic E-state index is 13.3. The Morgan fingerprint density at radius 1 is 0.943 bits per heavy atom. The largest absolute Gasteiger partial charge is 0.379 e. The lowest BCUT2D eigenvalue weighted by molar-refractivity contribution is -0.113. The van der Waals surface area contributed by atoms with Crippen LogP contribution in [0.25, 0.3) is 21.7 Å². The predicted molar refractivity (Wildman–Crippen MR) is 141 cm³/mol. The standard InChI is InChI=1S/C27H28N4O3S/c32-25(28-23-12-5-8-20-7-1-2-9-21(20)23)19-35-27-29-24-11-4-3-10-22(24)26(33)31(27)14-6-13-30-15-17-34-18-16-30/h1-5,7-12H,6,13-19H2,(H,28,32). The van der Waals surface area contributed by atoms with Crippen molar-refractivity contribution in [2.45, 2.75) is 18.1 Å². The summed E-state index contributed by atoms with van der Waals surface area (Å²) in [6.45, 7) is 4.80. The number of nitrogens with one attached hydrogen (secondary N) is 1. The van der Waals surface area contributed by atoms with Gasteiger partial charge < -0.3 is 10.1 Å². The van der Waals surface area contributed by atoms with Gasteiger partial charge in [-0.05, 0) is 30.0 Å². The minimum Gasteiger partial charge on any atom is -0.379 e. The molecule has 0 spiro atoms. The summed E-state index contributed by atoms with van der Waals surface area (Å²) >= 11 is 1.30. The highest BCUT2D eigenvalue weighted by Gasteiger charge is 2.15. The van der Waals surface area contributed by atoms with Crippen LogP contribution in [0.4, 0.5) is 5.69 Å². The molecule has 0 aliphatic carbocycles. The molecule has 1 amide bonds. The Hall–Kier alpha value is -3.20. The van der Waals surface area contributed by atoms with Gasteiger partial charge in [-0.1, -0.05) is 60.3 Å². The van der Waals surface area contributed by atoms with Crippen LogP contribution >= 0.6 is 11.8 Å². The van der Waals surface area contributed by atoms with E-state index in [9.17, 15) is 9.59 Å². The molecule has 3 aromatic carbocycles. The van der Waals surface area contributed by atoms with Gasteiger partial charge in [0.2, 0.25) is 5.91 Å². The molecule has 8 heteroatoms. The van der Waals surface area contributed by atoms with Crippen LogP contribution in [0.2, 0.25) is 0 Å². The first-order valence-electron chi connectivity index (χ1n) is 11.9. The van der Waals surface area contributed by atoms with Gasteiger partial charge in [0.05, 0.1) is 29.9 Å². The number of fused-ring (bicyclic) bond motifs is 2. The number of benzene rings is 3. The minimum absolute atomic E-state index is 0.0606. The van der Waals surface area contributed by atoms with Crippen LogP contribution in [0, 0.1) is 0 Å². The fourth-order valence-corrected chi connectivity index (χ4v) is 5.21. The van der Waals surface area contributed by atoms with E-state index in [1.165, 1.54) is 11.8 Å². The lowest BCUT2D eigenvalue weighted by Crippen LogP contribution is -2.37. The second kappa shape index (κ2) is 11.0. The van der Waals surface area contributed by atoms with Gasteiger partial charge in [0.25, 0.3) is 5.56 Å². The number of aromatic nitrogens is 2. The van der Waals surface area contributed by atoms with Gasteiger partial charge in [0, 0.05) is 37.3 Å². The van der Waals surface area contributed by atoms with E-state index in [0.29, 0.717) is 22.6 Å². The second-order valence-corrected chi connectivity index (χ2v) is 9.48. The number of hydrogen-bond acceptors (Lipinski definition) is 6. The highest BCUT2D eigenvalue weighted by molar-refractivity contribution is 7.99. The van der Waals surface area contributed by atoms with Crippen LogP contribution in [0.5, 0.6) is 0 Å². The zero-order valence-corrected chi connectivity index (χ0v) is 20.3. The van der Waals surface area contributed by atoms with Crippen molar-refractivity contribution >= 4 is 45.0 Å². The molecule has 1 aliphatic rings. The van der Waals surface area contributed by atoms with Gasteiger partial charge in [0.1, 0.15) is 0 Å². The lowest BCUT2D eigenvalue weighted by atomic mass is 10.1. The first-order chi connectivity index (χ1) is 17.2. The molecule has 0 unspecified atom stereocenters. The summed E-state index contributed by atoms with van der Waals surface area (Å²) in [7, 11) is 0. The average Bonchev–Trinajstić information content (AvgIpc) is 2.90. The number of amides is 1. The number of ether oxygens (including phenoxy) is 1. The van der Waals surface area contributed by atoms with Gasteiger partial charge >= 0.3 is 0 Å². The summed E-state index contributed by atoms with van der Waals surface area (Å²) in [5, 5.41) is 6.26. The zero-order valence-electron chi connectivity index (χ0n) is 19.5. The van der Waals surface area contributed by atoms with Crippen LogP contribution < -0.4 is 10.9 Å². The Balaban J connectivity index is 1.32. The van der Waals surface area contributed by atoms with E-state index in [-0.39, 0.29) is 17.2 Å². The first kappa shape index (κ1) is 23.5. The highest BCUT2D eigenvalue weighted by atomic mass is 32.2. The normalized spacial score (nSPS) is 14.4. The molecule has 1 saturated heterocycles. The molecule has 0 saturated carbocycles. The number of carbonyl (C=O) groups excluding carboxylic acids is 1. The van der Waals surface area contributed by atoms with Crippen molar-refractivity contribution < 1.29 is 9.53 Å². The second-order valence-electron chi connectivity index (χ2n) is 8.54. The molecule has 0 atom stereocenters. The fourth-order valence-electron chi connectivity index (χ4n) is 4.38. The number of nitrogens with zero attached hydrogens (tertiary/aromatic N) is 3. The molecule has 1 aliphatic heterocycles. The van der Waals surface area contributed by atoms with Crippen LogP contribution in [0.3, 0.4) is 0 Å². The molecule has 1 fully saturated rings. The van der Waals surface area contributed by atoms with Crippen molar-refractivity contribution in [1.29, 1.82) is 0 Å². The van der Waals surface area contributed by atoms with Gasteiger partial charge in [-0.3, -0.25) is 19.1 Å². The highest BCUT2D eigenvalue weighted by Crippen LogP contribution is 2.24. The van der Waals surface area contributed by atoms with Crippen LogP contribution in [-0.2, 0) is 16.1 Å². The Bertz CT molecular complexity index is 1390. The van der Waals surface area contributed by atoms with Gasteiger partial charge in [-0.25, -0.2) is 4.98 Å². The molecule has 1 N–H and O–H groups in total. The Labute approximate surface area is 208 Å². The first-order valence-corrected chi connectivity index (χ1v) is 12.9. The number of thioether (sulfide) groups is 1. The quantitative estimate of drug-likeness (QED) is 0.298. The van der Waals surface area contributed by atoms with Crippen molar-refractivity contribution in [3.8, 4) is 0 Å². The van der Waals surface area contributed by atoms with Crippen molar-refractivity contribution in [2.75, 3.05) is 43.9 Å². The van der Waals surface area contributed by atoms with E-state index < -0.39 is 0 Å². The van der Waals surface area contributed by atoms with Crippen molar-refractivity contribution in [2.24, 2.45) is 0 Å². The topological polar surface area (TPSA) is 76.5 Å². The van der Waals surface area contributed by atoms with E-state index in [4.69, 9.17) is 9.72 Å².